The number of hydrogen-bond donors (Lipinski definition) is 0. The minimum Gasteiger partial charge on any atom is -0.497 e. The molecule has 10 heteroatoms. The maximum Gasteiger partial charge on any atom is 0.293 e. The summed E-state index contributed by atoms with van der Waals surface area (Å²) in [5.41, 5.74) is 4.16. The van der Waals surface area contributed by atoms with Crippen LogP contribution in [0.15, 0.2) is 71.3 Å². The van der Waals surface area contributed by atoms with E-state index >= 15 is 0 Å². The maximum atomic E-state index is 11.9. The number of ether oxygens (including phenoxy) is 1. The van der Waals surface area contributed by atoms with Gasteiger partial charge in [0.05, 0.1) is 12.0 Å². The Morgan fingerprint density at radius 1 is 0.944 bits per heavy atom. The molecule has 0 amide bonds. The summed E-state index contributed by atoms with van der Waals surface area (Å²) in [6.07, 6.45) is 0. The molecule has 1 fully saturated rings. The van der Waals surface area contributed by atoms with E-state index in [0.717, 1.165) is 35.7 Å². The molecule has 0 spiro atoms. The van der Waals surface area contributed by atoms with Gasteiger partial charge in [0.25, 0.3) is 11.6 Å². The summed E-state index contributed by atoms with van der Waals surface area (Å²) in [4.78, 5) is 20.4. The Bertz CT molecular complexity index is 1350. The average Bonchev–Trinajstić information content (AvgIpc) is 3.39. The number of methoxy groups -OCH3 is 1. The molecule has 36 heavy (non-hydrogen) atoms. The Kier molecular flexibility index (Phi) is 7.40. The molecular formula is C26H26ClN5O4. The van der Waals surface area contributed by atoms with Gasteiger partial charge in [0, 0.05) is 49.1 Å². The fourth-order valence-electron chi connectivity index (χ4n) is 4.31. The summed E-state index contributed by atoms with van der Waals surface area (Å²) in [6, 6.07) is 20.8. The number of rotatable bonds is 6. The minimum absolute atomic E-state index is 0. The number of halogens is 1. The molecule has 2 heterocycles. The van der Waals surface area contributed by atoms with E-state index < -0.39 is 0 Å². The van der Waals surface area contributed by atoms with Gasteiger partial charge < -0.3 is 19.1 Å². The monoisotopic (exact) mass is 507 g/mol. The maximum absolute atomic E-state index is 11.9. The standard InChI is InChI=1S/C26H25N5O4.ClH/c1-18-4-3-5-19(16-18)25-27-26(35-28-25)20-6-11-23(24(17-20)31(32)33)30-14-12-29(13-15-30)21-7-9-22(34-2)10-8-21;/h3-11,16-17H,12-15H2,1-2H3;1H. The minimum atomic E-state index is -0.355. The molecule has 5 rings (SSSR count). The number of nitro groups is 1. The average molecular weight is 508 g/mol. The molecule has 1 aliphatic rings. The Hall–Kier alpha value is -4.11. The van der Waals surface area contributed by atoms with Gasteiger partial charge in [-0.25, -0.2) is 0 Å². The van der Waals surface area contributed by atoms with Gasteiger partial charge in [-0.3, -0.25) is 10.1 Å². The fraction of sp³-hybridized carbons (Fsp3) is 0.231. The van der Waals surface area contributed by atoms with Gasteiger partial charge in [0.15, 0.2) is 0 Å². The van der Waals surface area contributed by atoms with Crippen molar-refractivity contribution in [2.24, 2.45) is 0 Å². The lowest BCUT2D eigenvalue weighted by Gasteiger charge is -2.37. The molecule has 0 bridgehead atoms. The smallest absolute Gasteiger partial charge is 0.293 e. The quantitative estimate of drug-likeness (QED) is 0.253. The van der Waals surface area contributed by atoms with Crippen molar-refractivity contribution in [1.82, 2.24) is 10.1 Å². The lowest BCUT2D eigenvalue weighted by molar-refractivity contribution is -0.384. The van der Waals surface area contributed by atoms with E-state index in [0.29, 0.717) is 30.2 Å². The molecule has 3 aromatic carbocycles. The van der Waals surface area contributed by atoms with Gasteiger partial charge in [0.1, 0.15) is 11.4 Å². The van der Waals surface area contributed by atoms with Gasteiger partial charge in [-0.15, -0.1) is 12.4 Å². The van der Waals surface area contributed by atoms with Crippen LogP contribution in [0.25, 0.3) is 22.8 Å². The summed E-state index contributed by atoms with van der Waals surface area (Å²) >= 11 is 0. The van der Waals surface area contributed by atoms with E-state index in [-0.39, 0.29) is 28.9 Å². The zero-order valence-corrected chi connectivity index (χ0v) is 20.8. The van der Waals surface area contributed by atoms with E-state index in [1.165, 1.54) is 6.07 Å². The number of benzene rings is 3. The fourth-order valence-corrected chi connectivity index (χ4v) is 4.31. The topological polar surface area (TPSA) is 97.8 Å². The van der Waals surface area contributed by atoms with Gasteiger partial charge in [0.2, 0.25) is 5.82 Å². The number of aromatic nitrogens is 2. The van der Waals surface area contributed by atoms with Crippen LogP contribution in [0.2, 0.25) is 0 Å². The summed E-state index contributed by atoms with van der Waals surface area (Å²) < 4.78 is 10.7. The van der Waals surface area contributed by atoms with Gasteiger partial charge >= 0.3 is 0 Å². The van der Waals surface area contributed by atoms with Crippen molar-refractivity contribution in [2.45, 2.75) is 6.92 Å². The SMILES string of the molecule is COc1ccc(N2CCN(c3ccc(-c4nc(-c5cccc(C)c5)no4)cc3[N+](=O)[O-])CC2)cc1.Cl. The predicted molar refractivity (Wildman–Crippen MR) is 141 cm³/mol. The number of nitro benzene ring substituents is 1. The van der Waals surface area contributed by atoms with E-state index in [9.17, 15) is 10.1 Å². The summed E-state index contributed by atoms with van der Waals surface area (Å²) in [5.74, 6) is 1.51. The lowest BCUT2D eigenvalue weighted by Crippen LogP contribution is -2.46. The van der Waals surface area contributed by atoms with E-state index in [4.69, 9.17) is 9.26 Å². The zero-order valence-electron chi connectivity index (χ0n) is 20.0. The highest BCUT2D eigenvalue weighted by Gasteiger charge is 2.25. The third-order valence-corrected chi connectivity index (χ3v) is 6.18. The highest BCUT2D eigenvalue weighted by Crippen LogP contribution is 2.34. The first-order chi connectivity index (χ1) is 17.0. The molecule has 0 radical (unpaired) electrons. The number of anilines is 2. The van der Waals surface area contributed by atoms with Crippen LogP contribution in [-0.4, -0.2) is 48.4 Å². The van der Waals surface area contributed by atoms with Crippen LogP contribution in [-0.2, 0) is 0 Å². The zero-order chi connectivity index (χ0) is 24.4. The summed E-state index contributed by atoms with van der Waals surface area (Å²) in [6.45, 7) is 4.85. The molecular weight excluding hydrogens is 482 g/mol. The highest BCUT2D eigenvalue weighted by atomic mass is 35.5. The lowest BCUT2D eigenvalue weighted by atomic mass is 10.1. The first kappa shape index (κ1) is 25.0. The van der Waals surface area contributed by atoms with Crippen molar-refractivity contribution in [3.63, 3.8) is 0 Å². The Morgan fingerprint density at radius 2 is 1.67 bits per heavy atom. The first-order valence-electron chi connectivity index (χ1n) is 11.4. The number of aryl methyl sites for hydroxylation is 1. The van der Waals surface area contributed by atoms with Crippen LogP contribution < -0.4 is 14.5 Å². The van der Waals surface area contributed by atoms with Crippen molar-refractivity contribution in [2.75, 3.05) is 43.1 Å². The normalized spacial score (nSPS) is 13.3. The largest absolute Gasteiger partial charge is 0.497 e. The third kappa shape index (κ3) is 5.11. The van der Waals surface area contributed by atoms with Crippen LogP contribution in [0.3, 0.4) is 0 Å². The van der Waals surface area contributed by atoms with Crippen molar-refractivity contribution in [3.05, 3.63) is 82.4 Å². The molecule has 1 aromatic heterocycles. The first-order valence-corrected chi connectivity index (χ1v) is 11.4. The third-order valence-electron chi connectivity index (χ3n) is 6.18. The van der Waals surface area contributed by atoms with E-state index in [1.54, 1.807) is 19.2 Å². The van der Waals surface area contributed by atoms with E-state index in [1.807, 2.05) is 60.4 Å². The molecule has 0 N–H and O–H groups in total. The van der Waals surface area contributed by atoms with Gasteiger partial charge in [-0.2, -0.15) is 4.98 Å². The molecule has 186 valence electrons. The Labute approximate surface area is 214 Å². The molecule has 0 aliphatic carbocycles. The highest BCUT2D eigenvalue weighted by molar-refractivity contribution is 5.85. The van der Waals surface area contributed by atoms with Crippen LogP contribution >= 0.6 is 12.4 Å². The summed E-state index contributed by atoms with van der Waals surface area (Å²) in [7, 11) is 1.65. The molecule has 1 saturated heterocycles. The Morgan fingerprint density at radius 3 is 2.33 bits per heavy atom. The molecule has 0 atom stereocenters. The second kappa shape index (κ2) is 10.7. The second-order valence-electron chi connectivity index (χ2n) is 8.43. The van der Waals surface area contributed by atoms with Crippen molar-refractivity contribution in [3.8, 4) is 28.6 Å². The number of hydrogen-bond acceptors (Lipinski definition) is 8. The van der Waals surface area contributed by atoms with Crippen LogP contribution in [0.5, 0.6) is 5.75 Å². The molecule has 0 unspecified atom stereocenters. The second-order valence-corrected chi connectivity index (χ2v) is 8.43. The van der Waals surface area contributed by atoms with Gasteiger partial charge in [-0.05, 0) is 49.4 Å². The molecule has 0 saturated carbocycles. The van der Waals surface area contributed by atoms with Crippen molar-refractivity contribution in [1.29, 1.82) is 0 Å². The number of piperazine rings is 1. The Balaban J connectivity index is 0.00000304. The summed E-state index contributed by atoms with van der Waals surface area (Å²) in [5, 5.41) is 16.0. The molecule has 1 aliphatic heterocycles. The number of nitrogens with zero attached hydrogens (tertiary/aromatic N) is 5. The van der Waals surface area contributed by atoms with Crippen molar-refractivity contribution >= 4 is 29.5 Å². The van der Waals surface area contributed by atoms with Crippen molar-refractivity contribution < 1.29 is 14.2 Å². The van der Waals surface area contributed by atoms with Crippen LogP contribution in [0.4, 0.5) is 17.1 Å². The van der Waals surface area contributed by atoms with Gasteiger partial charge in [-0.1, -0.05) is 28.9 Å². The molecule has 9 nitrogen and oxygen atoms in total. The van der Waals surface area contributed by atoms with Crippen LogP contribution in [0.1, 0.15) is 5.56 Å². The van der Waals surface area contributed by atoms with E-state index in [2.05, 4.69) is 15.0 Å². The predicted octanol–water partition coefficient (Wildman–Crippen LogP) is 5.38. The van der Waals surface area contributed by atoms with Crippen LogP contribution in [0, 0.1) is 17.0 Å². The molecule has 4 aromatic rings.